The normalized spacial score (nSPS) is 12.3. The SMILES string of the molecule is [NH]c1ccccc1C[C@H](NS(=O)(=O)c1cccc2cnccc12)C(=O)ONCCCCCC(N)=O. The molecule has 185 valence electrons. The lowest BCUT2D eigenvalue weighted by molar-refractivity contribution is -0.153. The summed E-state index contributed by atoms with van der Waals surface area (Å²) in [5.74, 6) is -1.19. The zero-order valence-electron chi connectivity index (χ0n) is 19.1. The molecule has 11 heteroatoms. The van der Waals surface area contributed by atoms with Crippen LogP contribution in [0.25, 0.3) is 10.8 Å². The Balaban J connectivity index is 1.73. The van der Waals surface area contributed by atoms with Gasteiger partial charge in [0.15, 0.2) is 0 Å². The van der Waals surface area contributed by atoms with Gasteiger partial charge in [-0.25, -0.2) is 13.2 Å². The van der Waals surface area contributed by atoms with Crippen LogP contribution < -0.4 is 21.7 Å². The summed E-state index contributed by atoms with van der Waals surface area (Å²) in [7, 11) is -4.13. The molecule has 0 saturated carbocycles. The summed E-state index contributed by atoms with van der Waals surface area (Å²) < 4.78 is 29.0. The lowest BCUT2D eigenvalue weighted by Crippen LogP contribution is -2.45. The van der Waals surface area contributed by atoms with Crippen molar-refractivity contribution >= 4 is 38.4 Å². The minimum absolute atomic E-state index is 0.0109. The molecule has 3 aromatic rings. The summed E-state index contributed by atoms with van der Waals surface area (Å²) >= 11 is 0. The molecule has 0 aliphatic heterocycles. The minimum atomic E-state index is -4.13. The Morgan fingerprint density at radius 1 is 1.06 bits per heavy atom. The van der Waals surface area contributed by atoms with Crippen molar-refractivity contribution in [2.75, 3.05) is 6.54 Å². The zero-order chi connectivity index (χ0) is 25.3. The fourth-order valence-electron chi connectivity index (χ4n) is 3.54. The molecule has 1 amide bonds. The van der Waals surface area contributed by atoms with Gasteiger partial charge in [-0.2, -0.15) is 10.2 Å². The summed E-state index contributed by atoms with van der Waals surface area (Å²) in [6, 6.07) is 11.7. The van der Waals surface area contributed by atoms with Crippen molar-refractivity contribution in [3.05, 3.63) is 66.5 Å². The average molecular weight is 499 g/mol. The molecule has 1 radical (unpaired) electrons. The third-order valence-electron chi connectivity index (χ3n) is 5.33. The van der Waals surface area contributed by atoms with Gasteiger partial charge < -0.3 is 16.3 Å². The summed E-state index contributed by atoms with van der Waals surface area (Å²) in [5, 5.41) is 1.11. The molecular weight excluding hydrogens is 470 g/mol. The molecule has 0 saturated heterocycles. The standard InChI is InChI=1S/C24H28N5O5S/c25-20-9-4-3-7-17(20)15-21(24(31)34-28-13-5-1-2-11-23(26)30)29-35(32,33)22-10-6-8-18-16-27-14-12-19(18)22/h3-4,6-10,12,14,16,21,25,28-29H,1-2,5,11,13,15H2,(H2,26,30)/t21-/m0/s1. The van der Waals surface area contributed by atoms with Gasteiger partial charge in [0, 0.05) is 42.6 Å². The summed E-state index contributed by atoms with van der Waals surface area (Å²) in [6.07, 6.45) is 5.27. The predicted molar refractivity (Wildman–Crippen MR) is 131 cm³/mol. The van der Waals surface area contributed by atoms with Crippen molar-refractivity contribution in [1.29, 1.82) is 0 Å². The van der Waals surface area contributed by atoms with Crippen LogP contribution in [-0.4, -0.2) is 37.9 Å². The summed E-state index contributed by atoms with van der Waals surface area (Å²) in [5.41, 5.74) is 16.4. The van der Waals surface area contributed by atoms with Crippen LogP contribution in [0.3, 0.4) is 0 Å². The van der Waals surface area contributed by atoms with Gasteiger partial charge in [0.1, 0.15) is 6.04 Å². The Labute approximate surface area is 204 Å². The van der Waals surface area contributed by atoms with Crippen molar-refractivity contribution in [2.45, 2.75) is 43.0 Å². The Morgan fingerprint density at radius 3 is 2.63 bits per heavy atom. The van der Waals surface area contributed by atoms with Gasteiger partial charge in [-0.3, -0.25) is 9.78 Å². The number of rotatable bonds is 13. The first-order chi connectivity index (χ1) is 16.8. The zero-order valence-corrected chi connectivity index (χ0v) is 19.9. The molecule has 1 heterocycles. The van der Waals surface area contributed by atoms with E-state index in [4.69, 9.17) is 16.3 Å². The predicted octanol–water partition coefficient (Wildman–Crippen LogP) is 2.13. The fraction of sp³-hybridized carbons (Fsp3) is 0.292. The number of benzene rings is 2. The minimum Gasteiger partial charge on any atom is -0.370 e. The van der Waals surface area contributed by atoms with Crippen molar-refractivity contribution in [1.82, 2.24) is 20.9 Å². The van der Waals surface area contributed by atoms with Crippen LogP contribution in [0.1, 0.15) is 31.2 Å². The molecule has 0 aliphatic rings. The van der Waals surface area contributed by atoms with Gasteiger partial charge in [-0.1, -0.05) is 36.8 Å². The number of carbonyl (C=O) groups is 2. The van der Waals surface area contributed by atoms with E-state index in [1.54, 1.807) is 48.7 Å². The molecule has 2 aromatic carbocycles. The van der Waals surface area contributed by atoms with Crippen LogP contribution >= 0.6 is 0 Å². The van der Waals surface area contributed by atoms with Gasteiger partial charge >= 0.3 is 5.97 Å². The molecule has 0 bridgehead atoms. The van der Waals surface area contributed by atoms with Crippen molar-refractivity contribution in [2.24, 2.45) is 5.73 Å². The van der Waals surface area contributed by atoms with Crippen LogP contribution in [0, 0.1) is 0 Å². The molecule has 10 nitrogen and oxygen atoms in total. The molecule has 3 rings (SSSR count). The highest BCUT2D eigenvalue weighted by Crippen LogP contribution is 2.23. The number of pyridine rings is 1. The van der Waals surface area contributed by atoms with Crippen molar-refractivity contribution in [3.63, 3.8) is 0 Å². The van der Waals surface area contributed by atoms with E-state index in [-0.39, 0.29) is 22.9 Å². The van der Waals surface area contributed by atoms with Gasteiger partial charge in [0.05, 0.1) is 10.6 Å². The number of carbonyl (C=O) groups excluding carboxylic acids is 2. The van der Waals surface area contributed by atoms with E-state index in [0.717, 1.165) is 0 Å². The van der Waals surface area contributed by atoms with Gasteiger partial charge in [0.25, 0.3) is 0 Å². The summed E-state index contributed by atoms with van der Waals surface area (Å²) in [6.45, 7) is 0.329. The van der Waals surface area contributed by atoms with E-state index in [9.17, 15) is 18.0 Å². The fourth-order valence-corrected chi connectivity index (χ4v) is 4.95. The van der Waals surface area contributed by atoms with Crippen LogP contribution in [-0.2, 0) is 30.9 Å². The second kappa shape index (κ2) is 12.2. The number of hydroxylamine groups is 1. The van der Waals surface area contributed by atoms with E-state index in [0.29, 0.717) is 48.6 Å². The average Bonchev–Trinajstić information content (AvgIpc) is 2.83. The van der Waals surface area contributed by atoms with Crippen LogP contribution in [0.5, 0.6) is 0 Å². The molecule has 0 spiro atoms. The molecule has 35 heavy (non-hydrogen) atoms. The third-order valence-corrected chi connectivity index (χ3v) is 6.86. The maximum Gasteiger partial charge on any atom is 0.343 e. The van der Waals surface area contributed by atoms with Crippen LogP contribution in [0.15, 0.2) is 65.8 Å². The van der Waals surface area contributed by atoms with E-state index >= 15 is 0 Å². The van der Waals surface area contributed by atoms with Crippen LogP contribution in [0.2, 0.25) is 0 Å². The van der Waals surface area contributed by atoms with Gasteiger partial charge in [0.2, 0.25) is 15.9 Å². The van der Waals surface area contributed by atoms with E-state index in [1.807, 2.05) is 0 Å². The Morgan fingerprint density at radius 2 is 1.86 bits per heavy atom. The maximum atomic E-state index is 13.3. The highest BCUT2D eigenvalue weighted by Gasteiger charge is 2.29. The van der Waals surface area contributed by atoms with E-state index in [2.05, 4.69) is 15.2 Å². The highest BCUT2D eigenvalue weighted by atomic mass is 32.2. The summed E-state index contributed by atoms with van der Waals surface area (Å²) in [4.78, 5) is 32.8. The third kappa shape index (κ3) is 7.47. The molecule has 1 atom stereocenters. The van der Waals surface area contributed by atoms with Crippen LogP contribution in [0.4, 0.5) is 5.69 Å². The molecule has 0 fully saturated rings. The molecule has 5 N–H and O–H groups in total. The lowest BCUT2D eigenvalue weighted by atomic mass is 10.1. The van der Waals surface area contributed by atoms with E-state index in [1.165, 1.54) is 12.3 Å². The first-order valence-corrected chi connectivity index (χ1v) is 12.6. The number of aromatic nitrogens is 1. The van der Waals surface area contributed by atoms with E-state index < -0.39 is 22.0 Å². The first kappa shape index (κ1) is 26.1. The number of sulfonamides is 1. The number of fused-ring (bicyclic) bond motifs is 1. The number of nitrogens with zero attached hydrogens (tertiary/aromatic N) is 1. The quantitative estimate of drug-likeness (QED) is 0.240. The van der Waals surface area contributed by atoms with Gasteiger partial charge in [-0.05, 0) is 36.6 Å². The van der Waals surface area contributed by atoms with Crippen molar-refractivity contribution < 1.29 is 22.8 Å². The number of nitrogens with one attached hydrogen (secondary N) is 3. The molecular formula is C24H28N5O5S. The molecule has 0 aliphatic carbocycles. The first-order valence-electron chi connectivity index (χ1n) is 11.1. The number of unbranched alkanes of at least 4 members (excludes halogenated alkanes) is 2. The Kier molecular flexibility index (Phi) is 9.12. The number of hydrogen-bond acceptors (Lipinski definition) is 7. The molecule has 0 unspecified atom stereocenters. The number of primary amides is 1. The smallest absolute Gasteiger partial charge is 0.343 e. The number of amides is 1. The number of nitrogens with two attached hydrogens (primary N) is 1. The number of hydrogen-bond donors (Lipinski definition) is 3. The second-order valence-electron chi connectivity index (χ2n) is 7.98. The van der Waals surface area contributed by atoms with Crippen molar-refractivity contribution in [3.8, 4) is 0 Å². The largest absolute Gasteiger partial charge is 0.370 e. The van der Waals surface area contributed by atoms with Gasteiger partial charge in [-0.15, -0.1) is 0 Å². The maximum absolute atomic E-state index is 13.3. The molecule has 1 aromatic heterocycles. The second-order valence-corrected chi connectivity index (χ2v) is 9.66. The lowest BCUT2D eigenvalue weighted by Gasteiger charge is -2.19. The monoisotopic (exact) mass is 498 g/mol. The topological polar surface area (TPSA) is 164 Å². The highest BCUT2D eigenvalue weighted by molar-refractivity contribution is 7.89. The Bertz CT molecular complexity index is 1280. The Hall–Kier alpha value is -3.54.